The van der Waals surface area contributed by atoms with Crippen molar-refractivity contribution in [2.75, 3.05) is 10.7 Å². The van der Waals surface area contributed by atoms with E-state index in [1.807, 2.05) is 53.2 Å². The maximum atomic E-state index is 5.08. The molecule has 4 aromatic rings. The molecule has 1 aromatic heterocycles. The van der Waals surface area contributed by atoms with E-state index in [1.54, 1.807) is 0 Å². The van der Waals surface area contributed by atoms with Crippen LogP contribution in [-0.2, 0) is 6.42 Å². The number of aromatic nitrogens is 2. The Bertz CT molecular complexity index is 1270. The molecule has 166 valence electrons. The Morgan fingerprint density at radius 3 is 2.18 bits per heavy atom. The van der Waals surface area contributed by atoms with Gasteiger partial charge in [-0.2, -0.15) is 10.2 Å². The second-order valence-electron chi connectivity index (χ2n) is 9.46. The van der Waals surface area contributed by atoms with Gasteiger partial charge in [-0.3, -0.25) is 5.43 Å². The van der Waals surface area contributed by atoms with Crippen molar-refractivity contribution in [3.05, 3.63) is 102 Å². The van der Waals surface area contributed by atoms with Crippen LogP contribution in [0.15, 0.2) is 90.0 Å². The van der Waals surface area contributed by atoms with Crippen molar-refractivity contribution in [2.24, 2.45) is 10.5 Å². The maximum Gasteiger partial charge on any atom is 0.143 e. The van der Waals surface area contributed by atoms with Gasteiger partial charge in [-0.1, -0.05) is 67.9 Å². The van der Waals surface area contributed by atoms with E-state index >= 15 is 0 Å². The molecule has 5 nitrogen and oxygen atoms in total. The van der Waals surface area contributed by atoms with Crippen molar-refractivity contribution in [1.29, 1.82) is 0 Å². The standard InChI is InChI=1S/C28H29N5/c1-20-14-16-21(17-15-20)29-27-26-24(31-30-22-10-6-4-7-11-22)18-28(2,3)19-25(26)32-33(27)23-12-8-5-9-13-23/h4-17,29-30H,18-19H2,1-3H3. The largest absolute Gasteiger partial charge is 0.340 e. The fraction of sp³-hybridized carbons (Fsp3) is 0.214. The van der Waals surface area contributed by atoms with Crippen molar-refractivity contribution in [1.82, 2.24) is 9.78 Å². The normalized spacial score (nSPS) is 15.8. The minimum Gasteiger partial charge on any atom is -0.340 e. The van der Waals surface area contributed by atoms with Crippen LogP contribution >= 0.6 is 0 Å². The Morgan fingerprint density at radius 1 is 0.818 bits per heavy atom. The average molecular weight is 436 g/mol. The number of hydrogen-bond acceptors (Lipinski definition) is 4. The lowest BCUT2D eigenvalue weighted by Gasteiger charge is -2.29. The van der Waals surface area contributed by atoms with Crippen LogP contribution in [0.1, 0.15) is 37.1 Å². The van der Waals surface area contributed by atoms with Gasteiger partial charge in [-0.05, 0) is 61.6 Å². The summed E-state index contributed by atoms with van der Waals surface area (Å²) in [4.78, 5) is 0. The first-order valence-corrected chi connectivity index (χ1v) is 11.4. The van der Waals surface area contributed by atoms with Gasteiger partial charge >= 0.3 is 0 Å². The van der Waals surface area contributed by atoms with Gasteiger partial charge in [0.2, 0.25) is 0 Å². The molecule has 1 aliphatic carbocycles. The van der Waals surface area contributed by atoms with Crippen molar-refractivity contribution in [3.8, 4) is 5.69 Å². The van der Waals surface area contributed by atoms with Crippen molar-refractivity contribution in [3.63, 3.8) is 0 Å². The summed E-state index contributed by atoms with van der Waals surface area (Å²) in [5, 5.41) is 13.6. The number of rotatable bonds is 5. The minimum atomic E-state index is 0.0706. The zero-order valence-electron chi connectivity index (χ0n) is 19.3. The van der Waals surface area contributed by atoms with Crippen LogP contribution in [0.5, 0.6) is 0 Å². The quantitative estimate of drug-likeness (QED) is 0.342. The molecule has 33 heavy (non-hydrogen) atoms. The van der Waals surface area contributed by atoms with E-state index in [1.165, 1.54) is 5.56 Å². The topological polar surface area (TPSA) is 54.2 Å². The van der Waals surface area contributed by atoms with Crippen LogP contribution in [0, 0.1) is 12.3 Å². The highest BCUT2D eigenvalue weighted by Gasteiger charge is 2.35. The van der Waals surface area contributed by atoms with Gasteiger partial charge < -0.3 is 5.32 Å². The lowest BCUT2D eigenvalue weighted by Crippen LogP contribution is -2.28. The van der Waals surface area contributed by atoms with Gasteiger partial charge in [0.25, 0.3) is 0 Å². The van der Waals surface area contributed by atoms with Crippen LogP contribution in [0.3, 0.4) is 0 Å². The fourth-order valence-corrected chi connectivity index (χ4v) is 4.33. The molecule has 0 atom stereocenters. The summed E-state index contributed by atoms with van der Waals surface area (Å²) in [6.07, 6.45) is 1.76. The van der Waals surface area contributed by atoms with Crippen molar-refractivity contribution in [2.45, 2.75) is 33.6 Å². The Labute approximate surface area is 195 Å². The molecule has 1 heterocycles. The number of nitrogens with zero attached hydrogens (tertiary/aromatic N) is 3. The molecule has 5 rings (SSSR count). The predicted molar refractivity (Wildman–Crippen MR) is 137 cm³/mol. The lowest BCUT2D eigenvalue weighted by molar-refractivity contribution is 0.367. The molecule has 0 radical (unpaired) electrons. The van der Waals surface area contributed by atoms with Crippen molar-refractivity contribution < 1.29 is 0 Å². The molecule has 5 heteroatoms. The zero-order chi connectivity index (χ0) is 22.8. The van der Waals surface area contributed by atoms with Crippen LogP contribution in [0.4, 0.5) is 17.2 Å². The summed E-state index contributed by atoms with van der Waals surface area (Å²) < 4.78 is 2.02. The molecule has 0 aliphatic heterocycles. The Hall–Kier alpha value is -3.86. The van der Waals surface area contributed by atoms with Gasteiger partial charge in [0.15, 0.2) is 0 Å². The third kappa shape index (κ3) is 4.53. The summed E-state index contributed by atoms with van der Waals surface area (Å²) >= 11 is 0. The van der Waals surface area contributed by atoms with Gasteiger partial charge in [0, 0.05) is 5.69 Å². The molecular formula is C28H29N5. The third-order valence-electron chi connectivity index (χ3n) is 5.95. The highest BCUT2D eigenvalue weighted by Crippen LogP contribution is 2.39. The third-order valence-corrected chi connectivity index (χ3v) is 5.95. The molecule has 3 aromatic carbocycles. The smallest absolute Gasteiger partial charge is 0.143 e. The Balaban J connectivity index is 1.64. The highest BCUT2D eigenvalue weighted by atomic mass is 15.3. The number of hydrogen-bond donors (Lipinski definition) is 2. The molecule has 0 saturated carbocycles. The Morgan fingerprint density at radius 2 is 1.48 bits per heavy atom. The van der Waals surface area contributed by atoms with E-state index in [9.17, 15) is 0 Å². The first-order chi connectivity index (χ1) is 16.0. The van der Waals surface area contributed by atoms with Crippen LogP contribution in [0.25, 0.3) is 5.69 Å². The summed E-state index contributed by atoms with van der Waals surface area (Å²) in [5.41, 5.74) is 10.8. The molecule has 0 spiro atoms. The summed E-state index contributed by atoms with van der Waals surface area (Å²) in [6, 6.07) is 28.8. The van der Waals surface area contributed by atoms with Crippen LogP contribution in [-0.4, -0.2) is 15.5 Å². The number of fused-ring (bicyclic) bond motifs is 1. The average Bonchev–Trinajstić information content (AvgIpc) is 3.17. The molecule has 0 saturated heterocycles. The van der Waals surface area contributed by atoms with E-state index in [0.717, 1.165) is 52.7 Å². The number of hydrazone groups is 1. The molecule has 0 amide bonds. The molecule has 2 N–H and O–H groups in total. The predicted octanol–water partition coefficient (Wildman–Crippen LogP) is 6.71. The molecular weight excluding hydrogens is 406 g/mol. The summed E-state index contributed by atoms with van der Waals surface area (Å²) in [5.74, 6) is 0.948. The lowest BCUT2D eigenvalue weighted by atomic mass is 9.75. The number of para-hydroxylation sites is 2. The SMILES string of the molecule is Cc1ccc(Nc2c3c(nn2-c2ccccc2)CC(C)(C)CC3=NNc2ccccc2)cc1. The van der Waals surface area contributed by atoms with Gasteiger partial charge in [0.05, 0.1) is 28.3 Å². The van der Waals surface area contributed by atoms with Crippen LogP contribution in [0.2, 0.25) is 0 Å². The van der Waals surface area contributed by atoms with Crippen LogP contribution < -0.4 is 10.7 Å². The van der Waals surface area contributed by atoms with E-state index in [0.29, 0.717) is 0 Å². The Kier molecular flexibility index (Phi) is 5.47. The number of nitrogens with one attached hydrogen (secondary N) is 2. The van der Waals surface area contributed by atoms with E-state index in [-0.39, 0.29) is 5.41 Å². The first kappa shape index (κ1) is 21.0. The second kappa shape index (κ2) is 8.58. The molecule has 0 fully saturated rings. The summed E-state index contributed by atoms with van der Waals surface area (Å²) in [6.45, 7) is 6.66. The minimum absolute atomic E-state index is 0.0706. The fourth-order valence-electron chi connectivity index (χ4n) is 4.33. The second-order valence-corrected chi connectivity index (χ2v) is 9.46. The van der Waals surface area contributed by atoms with Crippen molar-refractivity contribution >= 4 is 22.9 Å². The first-order valence-electron chi connectivity index (χ1n) is 11.4. The zero-order valence-corrected chi connectivity index (χ0v) is 19.3. The number of benzene rings is 3. The maximum absolute atomic E-state index is 5.08. The van der Waals surface area contributed by atoms with Gasteiger partial charge in [-0.15, -0.1) is 0 Å². The van der Waals surface area contributed by atoms with E-state index in [2.05, 4.69) is 67.9 Å². The molecule has 0 unspecified atom stereocenters. The molecule has 0 bridgehead atoms. The van der Waals surface area contributed by atoms with Gasteiger partial charge in [-0.25, -0.2) is 4.68 Å². The molecule has 1 aliphatic rings. The van der Waals surface area contributed by atoms with E-state index < -0.39 is 0 Å². The number of aryl methyl sites for hydroxylation is 1. The highest BCUT2D eigenvalue weighted by molar-refractivity contribution is 6.07. The monoisotopic (exact) mass is 435 g/mol. The van der Waals surface area contributed by atoms with E-state index in [4.69, 9.17) is 10.2 Å². The van der Waals surface area contributed by atoms with Gasteiger partial charge in [0.1, 0.15) is 5.82 Å². The summed E-state index contributed by atoms with van der Waals surface area (Å²) in [7, 11) is 0. The number of anilines is 3.